The van der Waals surface area contributed by atoms with Gasteiger partial charge in [0.15, 0.2) is 0 Å². The van der Waals surface area contributed by atoms with Crippen LogP contribution in [0.5, 0.6) is 17.5 Å². The highest BCUT2D eigenvalue weighted by Crippen LogP contribution is 2.24. The number of hydrogen-bond acceptors (Lipinski definition) is 7. The number of aromatic nitrogens is 2. The normalized spacial score (nSPS) is 11.0. The van der Waals surface area contributed by atoms with Gasteiger partial charge >= 0.3 is 6.01 Å². The number of rotatable bonds is 6. The average molecular weight is 363 g/mol. The molecule has 2 aromatic carbocycles. The fourth-order valence-electron chi connectivity index (χ4n) is 1.82. The van der Waals surface area contributed by atoms with Gasteiger partial charge in [0.05, 0.1) is 12.0 Å². The van der Waals surface area contributed by atoms with Gasteiger partial charge < -0.3 is 9.47 Å². The van der Waals surface area contributed by atoms with Crippen molar-refractivity contribution in [2.45, 2.75) is 4.90 Å². The van der Waals surface area contributed by atoms with Gasteiger partial charge in [0, 0.05) is 11.5 Å². The summed E-state index contributed by atoms with van der Waals surface area (Å²) in [6.45, 7) is 0. The van der Waals surface area contributed by atoms with E-state index in [9.17, 15) is 8.42 Å². The predicted octanol–water partition coefficient (Wildman–Crippen LogP) is 3.14. The summed E-state index contributed by atoms with van der Waals surface area (Å²) in [5.41, 5.74) is 0. The summed E-state index contributed by atoms with van der Waals surface area (Å²) in [6.07, 6.45) is 0. The van der Waals surface area contributed by atoms with Gasteiger partial charge in [-0.25, -0.2) is 8.42 Å². The molecular formula is C15H13N3O4S2. The van der Waals surface area contributed by atoms with E-state index in [0.717, 1.165) is 11.5 Å². The number of ether oxygens (including phenoxy) is 2. The van der Waals surface area contributed by atoms with E-state index >= 15 is 0 Å². The lowest BCUT2D eigenvalue weighted by atomic mass is 10.3. The molecule has 0 atom stereocenters. The molecule has 0 radical (unpaired) electrons. The van der Waals surface area contributed by atoms with Crippen molar-refractivity contribution in [3.05, 3.63) is 54.6 Å². The molecule has 0 bridgehead atoms. The number of nitrogens with zero attached hydrogens (tertiary/aromatic N) is 2. The van der Waals surface area contributed by atoms with Crippen molar-refractivity contribution in [2.75, 3.05) is 11.8 Å². The summed E-state index contributed by atoms with van der Waals surface area (Å²) in [5, 5.41) is 0.136. The fourth-order valence-corrected chi connectivity index (χ4v) is 3.58. The maximum atomic E-state index is 12.3. The topological polar surface area (TPSA) is 90.4 Å². The lowest BCUT2D eigenvalue weighted by Gasteiger charge is -2.07. The highest BCUT2D eigenvalue weighted by Gasteiger charge is 2.17. The Labute approximate surface area is 143 Å². The Kier molecular flexibility index (Phi) is 4.63. The molecule has 1 heterocycles. The molecule has 0 saturated heterocycles. The number of nitrogens with one attached hydrogen (secondary N) is 1. The predicted molar refractivity (Wildman–Crippen MR) is 90.2 cm³/mol. The van der Waals surface area contributed by atoms with Crippen LogP contribution in [0.15, 0.2) is 59.5 Å². The third kappa shape index (κ3) is 3.81. The van der Waals surface area contributed by atoms with E-state index in [1.165, 1.54) is 19.2 Å². The van der Waals surface area contributed by atoms with Crippen LogP contribution in [0.3, 0.4) is 0 Å². The van der Waals surface area contributed by atoms with Crippen LogP contribution in [-0.2, 0) is 10.0 Å². The Morgan fingerprint density at radius 2 is 1.67 bits per heavy atom. The minimum atomic E-state index is -3.75. The molecule has 24 heavy (non-hydrogen) atoms. The van der Waals surface area contributed by atoms with Crippen molar-refractivity contribution in [3.8, 4) is 17.5 Å². The van der Waals surface area contributed by atoms with Crippen LogP contribution in [-0.4, -0.2) is 24.9 Å². The Balaban J connectivity index is 1.74. The molecule has 0 aliphatic rings. The van der Waals surface area contributed by atoms with Crippen molar-refractivity contribution in [1.29, 1.82) is 0 Å². The monoisotopic (exact) mass is 363 g/mol. The molecule has 1 N–H and O–H groups in total. The quantitative estimate of drug-likeness (QED) is 0.723. The van der Waals surface area contributed by atoms with E-state index in [1.54, 1.807) is 12.1 Å². The lowest BCUT2D eigenvalue weighted by molar-refractivity contribution is 0.386. The molecule has 0 aliphatic carbocycles. The maximum Gasteiger partial charge on any atom is 0.329 e. The molecule has 3 aromatic rings. The summed E-state index contributed by atoms with van der Waals surface area (Å²) in [4.78, 5) is 3.98. The van der Waals surface area contributed by atoms with E-state index in [-0.39, 0.29) is 16.0 Å². The van der Waals surface area contributed by atoms with E-state index in [1.807, 2.05) is 30.3 Å². The van der Waals surface area contributed by atoms with Crippen molar-refractivity contribution in [1.82, 2.24) is 9.36 Å². The first-order valence-corrected chi connectivity index (χ1v) is 9.06. The number of sulfonamides is 1. The zero-order valence-electron chi connectivity index (χ0n) is 12.5. The summed E-state index contributed by atoms with van der Waals surface area (Å²) in [6, 6.07) is 15.4. The smallest absolute Gasteiger partial charge is 0.329 e. The minimum absolute atomic E-state index is 0.0945. The number of benzene rings is 2. The van der Waals surface area contributed by atoms with Gasteiger partial charge in [0.2, 0.25) is 5.13 Å². The zero-order chi connectivity index (χ0) is 17.0. The third-order valence-electron chi connectivity index (χ3n) is 2.92. The summed E-state index contributed by atoms with van der Waals surface area (Å²) in [5.74, 6) is 1.21. The van der Waals surface area contributed by atoms with Gasteiger partial charge in [-0.05, 0) is 36.4 Å². The summed E-state index contributed by atoms with van der Waals surface area (Å²) in [7, 11) is -2.34. The number of anilines is 1. The first kappa shape index (κ1) is 16.2. The van der Waals surface area contributed by atoms with Crippen LogP contribution in [0.25, 0.3) is 0 Å². The van der Waals surface area contributed by atoms with Gasteiger partial charge in [0.25, 0.3) is 10.0 Å². The molecular weight excluding hydrogens is 350 g/mol. The van der Waals surface area contributed by atoms with Crippen LogP contribution < -0.4 is 14.2 Å². The second-order valence-corrected chi connectivity index (χ2v) is 7.01. The number of hydrogen-bond donors (Lipinski definition) is 1. The van der Waals surface area contributed by atoms with Crippen molar-refractivity contribution in [2.24, 2.45) is 0 Å². The van der Waals surface area contributed by atoms with E-state index in [4.69, 9.17) is 9.47 Å². The largest absolute Gasteiger partial charge is 0.466 e. The molecule has 0 aliphatic heterocycles. The fraction of sp³-hybridized carbons (Fsp3) is 0.0667. The Morgan fingerprint density at radius 3 is 2.29 bits per heavy atom. The van der Waals surface area contributed by atoms with Crippen molar-refractivity contribution in [3.63, 3.8) is 0 Å². The van der Waals surface area contributed by atoms with Gasteiger partial charge in [-0.2, -0.15) is 4.98 Å². The van der Waals surface area contributed by atoms with Crippen molar-refractivity contribution >= 4 is 26.7 Å². The summed E-state index contributed by atoms with van der Waals surface area (Å²) >= 11 is 0.900. The third-order valence-corrected chi connectivity index (χ3v) is 5.02. The van der Waals surface area contributed by atoms with Gasteiger partial charge in [-0.1, -0.05) is 18.2 Å². The zero-order valence-corrected chi connectivity index (χ0v) is 14.2. The van der Waals surface area contributed by atoms with Crippen LogP contribution in [0.2, 0.25) is 0 Å². The minimum Gasteiger partial charge on any atom is -0.466 e. The van der Waals surface area contributed by atoms with Gasteiger partial charge in [0.1, 0.15) is 11.5 Å². The number of methoxy groups -OCH3 is 1. The van der Waals surface area contributed by atoms with Crippen molar-refractivity contribution < 1.29 is 17.9 Å². The molecule has 124 valence electrons. The second kappa shape index (κ2) is 6.85. The first-order chi connectivity index (χ1) is 11.6. The highest BCUT2D eigenvalue weighted by atomic mass is 32.2. The highest BCUT2D eigenvalue weighted by molar-refractivity contribution is 7.93. The van der Waals surface area contributed by atoms with E-state index in [2.05, 4.69) is 14.1 Å². The molecule has 0 fully saturated rings. The Bertz CT molecular complexity index is 909. The molecule has 3 rings (SSSR count). The molecule has 0 unspecified atom stereocenters. The molecule has 1 aromatic heterocycles. The van der Waals surface area contributed by atoms with Crippen LogP contribution in [0.1, 0.15) is 0 Å². The standard InChI is InChI=1S/C15H13N3O4S2/c1-21-14-16-15(23-17-14)18-24(19,20)13-9-7-12(8-10-13)22-11-5-3-2-4-6-11/h2-10H,1H3,(H,16,17,18). The van der Waals surface area contributed by atoms with Crippen LogP contribution in [0, 0.1) is 0 Å². The first-order valence-electron chi connectivity index (χ1n) is 6.80. The van der Waals surface area contributed by atoms with Gasteiger partial charge in [-0.15, -0.1) is 4.37 Å². The Morgan fingerprint density at radius 1 is 1.00 bits per heavy atom. The SMILES string of the molecule is COc1nsc(NS(=O)(=O)c2ccc(Oc3ccccc3)cc2)n1. The molecule has 0 spiro atoms. The molecule has 7 nitrogen and oxygen atoms in total. The Hall–Kier alpha value is -2.65. The number of para-hydroxylation sites is 1. The lowest BCUT2D eigenvalue weighted by Crippen LogP contribution is -2.12. The maximum absolute atomic E-state index is 12.3. The molecule has 0 saturated carbocycles. The van der Waals surface area contributed by atoms with E-state index < -0.39 is 10.0 Å². The second-order valence-electron chi connectivity index (χ2n) is 4.58. The van der Waals surface area contributed by atoms with Crippen LogP contribution in [0.4, 0.5) is 5.13 Å². The van der Waals surface area contributed by atoms with E-state index in [0.29, 0.717) is 11.5 Å². The average Bonchev–Trinajstić information content (AvgIpc) is 3.03. The molecule has 0 amide bonds. The van der Waals surface area contributed by atoms with Crippen LogP contribution >= 0.6 is 11.5 Å². The molecule has 9 heteroatoms. The van der Waals surface area contributed by atoms with Gasteiger partial charge in [-0.3, -0.25) is 4.72 Å². The summed E-state index contributed by atoms with van der Waals surface area (Å²) < 4.78 is 41.3.